The van der Waals surface area contributed by atoms with E-state index in [-0.39, 0.29) is 17.7 Å². The van der Waals surface area contributed by atoms with Gasteiger partial charge in [0.05, 0.1) is 18.4 Å². The fraction of sp³-hybridized carbons (Fsp3) is 0.688. The summed E-state index contributed by atoms with van der Waals surface area (Å²) in [6, 6.07) is 0. The highest BCUT2D eigenvalue weighted by atomic mass is 16.5. The monoisotopic (exact) mass is 305 g/mol. The van der Waals surface area contributed by atoms with Crippen molar-refractivity contribution in [2.75, 3.05) is 19.7 Å². The third-order valence-electron chi connectivity index (χ3n) is 4.23. The Morgan fingerprint density at radius 3 is 2.95 bits per heavy atom. The summed E-state index contributed by atoms with van der Waals surface area (Å²) >= 11 is 0. The first-order valence-corrected chi connectivity index (χ1v) is 8.08. The molecule has 0 aromatic carbocycles. The number of aromatic nitrogens is 2. The lowest BCUT2D eigenvalue weighted by molar-refractivity contribution is -0.128. The molecule has 1 saturated heterocycles. The van der Waals surface area contributed by atoms with Crippen LogP contribution in [-0.4, -0.2) is 40.6 Å². The van der Waals surface area contributed by atoms with Crippen LogP contribution in [0.3, 0.4) is 0 Å². The minimum absolute atomic E-state index is 0.0944. The van der Waals surface area contributed by atoms with Gasteiger partial charge in [-0.05, 0) is 25.7 Å². The summed E-state index contributed by atoms with van der Waals surface area (Å²) in [5, 5.41) is 4.10. The minimum Gasteiger partial charge on any atom is -0.501 e. The zero-order valence-corrected chi connectivity index (χ0v) is 13.2. The first-order valence-electron chi connectivity index (χ1n) is 8.08. The fourth-order valence-electron chi connectivity index (χ4n) is 2.94. The molecule has 1 fully saturated rings. The highest BCUT2D eigenvalue weighted by molar-refractivity contribution is 5.93. The van der Waals surface area contributed by atoms with E-state index in [0.29, 0.717) is 19.0 Å². The van der Waals surface area contributed by atoms with Crippen LogP contribution in [0, 0.1) is 0 Å². The molecule has 120 valence electrons. The van der Waals surface area contributed by atoms with E-state index < -0.39 is 0 Å². The van der Waals surface area contributed by atoms with Gasteiger partial charge in [0.2, 0.25) is 5.89 Å². The molecule has 1 unspecified atom stereocenters. The Bertz CT molecular complexity index is 565. The second-order valence-corrected chi connectivity index (χ2v) is 6.35. The summed E-state index contributed by atoms with van der Waals surface area (Å²) in [4.78, 5) is 18.9. The number of carbonyl (C=O) groups excluding carboxylic acids is 1. The molecule has 0 N–H and O–H groups in total. The number of hydrogen-bond acceptors (Lipinski definition) is 5. The average Bonchev–Trinajstić information content (AvgIpc) is 3.05. The first-order chi connectivity index (χ1) is 10.6. The lowest BCUT2D eigenvalue weighted by Crippen LogP contribution is -2.40. The average molecular weight is 305 g/mol. The van der Waals surface area contributed by atoms with Crippen LogP contribution in [0.1, 0.15) is 63.1 Å². The van der Waals surface area contributed by atoms with E-state index in [9.17, 15) is 4.79 Å². The Morgan fingerprint density at radius 1 is 1.41 bits per heavy atom. The molecule has 0 radical (unpaired) electrons. The number of ether oxygens (including phenoxy) is 1. The molecule has 0 saturated carbocycles. The number of amides is 1. The lowest BCUT2D eigenvalue weighted by atomic mass is 9.96. The molecular weight excluding hydrogens is 282 g/mol. The molecule has 6 heteroatoms. The number of hydrogen-bond donors (Lipinski definition) is 0. The van der Waals surface area contributed by atoms with Crippen molar-refractivity contribution < 1.29 is 14.1 Å². The second kappa shape index (κ2) is 6.50. The van der Waals surface area contributed by atoms with Crippen molar-refractivity contribution in [1.29, 1.82) is 0 Å². The van der Waals surface area contributed by atoms with E-state index in [1.54, 1.807) is 6.26 Å². The third kappa shape index (κ3) is 3.15. The first kappa shape index (κ1) is 15.1. The molecule has 0 aliphatic carbocycles. The van der Waals surface area contributed by atoms with Crippen molar-refractivity contribution >= 4 is 5.91 Å². The molecule has 22 heavy (non-hydrogen) atoms. The maximum atomic E-state index is 12.6. The van der Waals surface area contributed by atoms with Crippen LogP contribution < -0.4 is 0 Å². The highest BCUT2D eigenvalue weighted by Crippen LogP contribution is 2.27. The van der Waals surface area contributed by atoms with Gasteiger partial charge < -0.3 is 14.2 Å². The Labute approximate surface area is 130 Å². The molecule has 2 aliphatic heterocycles. The van der Waals surface area contributed by atoms with Crippen molar-refractivity contribution in [2.45, 2.75) is 51.4 Å². The summed E-state index contributed by atoms with van der Waals surface area (Å²) < 4.78 is 10.6. The van der Waals surface area contributed by atoms with Crippen LogP contribution in [0.25, 0.3) is 0 Å². The smallest absolute Gasteiger partial charge is 0.252 e. The van der Waals surface area contributed by atoms with Gasteiger partial charge in [0, 0.05) is 24.9 Å². The van der Waals surface area contributed by atoms with E-state index in [0.717, 1.165) is 43.6 Å². The molecule has 1 aromatic heterocycles. The maximum absolute atomic E-state index is 12.6. The van der Waals surface area contributed by atoms with Gasteiger partial charge in [-0.3, -0.25) is 4.79 Å². The van der Waals surface area contributed by atoms with Crippen molar-refractivity contribution in [3.63, 3.8) is 0 Å². The van der Waals surface area contributed by atoms with E-state index in [1.807, 2.05) is 18.7 Å². The van der Waals surface area contributed by atoms with Gasteiger partial charge >= 0.3 is 0 Å². The van der Waals surface area contributed by atoms with Crippen molar-refractivity contribution in [1.82, 2.24) is 15.0 Å². The topological polar surface area (TPSA) is 68.5 Å². The molecule has 2 aliphatic rings. The highest BCUT2D eigenvalue weighted by Gasteiger charge is 2.30. The van der Waals surface area contributed by atoms with E-state index in [2.05, 4.69) is 10.1 Å². The van der Waals surface area contributed by atoms with Crippen LogP contribution in [0.15, 0.2) is 16.4 Å². The normalized spacial score (nSPS) is 22.4. The van der Waals surface area contributed by atoms with Gasteiger partial charge in [-0.25, -0.2) is 0 Å². The molecule has 3 rings (SSSR count). The Morgan fingerprint density at radius 2 is 2.27 bits per heavy atom. The van der Waals surface area contributed by atoms with Crippen molar-refractivity contribution in [2.24, 2.45) is 0 Å². The minimum atomic E-state index is 0.0944. The SMILES string of the molecule is CC(C)c1nc(C2CCCN(C(=O)C3=COCCC3)C2)no1. The van der Waals surface area contributed by atoms with Crippen LogP contribution >= 0.6 is 0 Å². The summed E-state index contributed by atoms with van der Waals surface area (Å²) in [6.45, 7) is 6.22. The van der Waals surface area contributed by atoms with Crippen molar-refractivity contribution in [3.05, 3.63) is 23.6 Å². The second-order valence-electron chi connectivity index (χ2n) is 6.35. The Balaban J connectivity index is 1.68. The molecule has 1 amide bonds. The zero-order chi connectivity index (χ0) is 15.5. The molecule has 6 nitrogen and oxygen atoms in total. The summed E-state index contributed by atoms with van der Waals surface area (Å²) in [5.74, 6) is 1.89. The van der Waals surface area contributed by atoms with Gasteiger partial charge in [0.15, 0.2) is 5.82 Å². The number of nitrogens with zero attached hydrogens (tertiary/aromatic N) is 3. The van der Waals surface area contributed by atoms with E-state index in [4.69, 9.17) is 9.26 Å². The number of likely N-dealkylation sites (tertiary alicyclic amines) is 1. The quantitative estimate of drug-likeness (QED) is 0.858. The molecule has 0 spiro atoms. The predicted molar refractivity (Wildman–Crippen MR) is 80.2 cm³/mol. The molecule has 1 aromatic rings. The molecule has 3 heterocycles. The van der Waals surface area contributed by atoms with Crippen LogP contribution in [0.4, 0.5) is 0 Å². The summed E-state index contributed by atoms with van der Waals surface area (Å²) in [5.41, 5.74) is 0.780. The van der Waals surface area contributed by atoms with Crippen LogP contribution in [0.2, 0.25) is 0 Å². The Hall–Kier alpha value is -1.85. The predicted octanol–water partition coefficient (Wildman–Crippen LogP) is 2.59. The molecular formula is C16H23N3O3. The van der Waals surface area contributed by atoms with Gasteiger partial charge in [-0.2, -0.15) is 4.98 Å². The van der Waals surface area contributed by atoms with Crippen LogP contribution in [0.5, 0.6) is 0 Å². The zero-order valence-electron chi connectivity index (χ0n) is 13.2. The standard InChI is InChI=1S/C16H23N3O3/c1-11(2)15-17-14(18-22-15)12-5-3-7-19(9-12)16(20)13-6-4-8-21-10-13/h10-12H,3-9H2,1-2H3. The molecule has 1 atom stereocenters. The van der Waals surface area contributed by atoms with Gasteiger partial charge in [-0.1, -0.05) is 19.0 Å². The number of piperidine rings is 1. The fourth-order valence-corrected chi connectivity index (χ4v) is 2.94. The summed E-state index contributed by atoms with van der Waals surface area (Å²) in [6.07, 6.45) is 5.31. The largest absolute Gasteiger partial charge is 0.501 e. The maximum Gasteiger partial charge on any atom is 0.252 e. The Kier molecular flexibility index (Phi) is 4.45. The van der Waals surface area contributed by atoms with E-state index in [1.165, 1.54) is 0 Å². The molecule has 0 bridgehead atoms. The van der Waals surface area contributed by atoms with Gasteiger partial charge in [0.25, 0.3) is 5.91 Å². The van der Waals surface area contributed by atoms with Gasteiger partial charge in [0.1, 0.15) is 0 Å². The van der Waals surface area contributed by atoms with Gasteiger partial charge in [-0.15, -0.1) is 0 Å². The number of rotatable bonds is 3. The lowest BCUT2D eigenvalue weighted by Gasteiger charge is -2.32. The van der Waals surface area contributed by atoms with Crippen LogP contribution in [-0.2, 0) is 9.53 Å². The van der Waals surface area contributed by atoms with E-state index >= 15 is 0 Å². The number of carbonyl (C=O) groups is 1. The third-order valence-corrected chi connectivity index (χ3v) is 4.23. The summed E-state index contributed by atoms with van der Waals surface area (Å²) in [7, 11) is 0. The van der Waals surface area contributed by atoms with Crippen molar-refractivity contribution in [3.8, 4) is 0 Å².